The van der Waals surface area contributed by atoms with Crippen LogP contribution in [0.1, 0.15) is 10.4 Å². The molecule has 0 aliphatic carbocycles. The van der Waals surface area contributed by atoms with E-state index in [0.717, 1.165) is 0 Å². The number of nitrogens with two attached hydrogens (primary N) is 1. The molecule has 0 aliphatic rings. The number of carbonyl (C=O) groups is 2. The summed E-state index contributed by atoms with van der Waals surface area (Å²) in [7, 11) is 1.44. The second-order valence-electron chi connectivity index (χ2n) is 3.62. The molecule has 2 amide bonds. The van der Waals surface area contributed by atoms with Crippen molar-refractivity contribution < 1.29 is 19.1 Å². The second kappa shape index (κ2) is 7.05. The minimum atomic E-state index is -0.588. The molecule has 0 aliphatic heterocycles. The number of nitrogens with one attached hydrogen (secondary N) is 1. The van der Waals surface area contributed by atoms with Gasteiger partial charge < -0.3 is 20.5 Å². The van der Waals surface area contributed by atoms with Gasteiger partial charge in [-0.3, -0.25) is 9.59 Å². The molecule has 0 heterocycles. The number of rotatable bonds is 7. The number of hydrogen-bond acceptors (Lipinski definition) is 4. The Balaban J connectivity index is 2.85. The first kappa shape index (κ1) is 14.6. The van der Waals surface area contributed by atoms with Crippen molar-refractivity contribution in [3.05, 3.63) is 36.4 Å². The highest BCUT2D eigenvalue weighted by Gasteiger charge is 2.11. The molecule has 1 rings (SSSR count). The second-order valence-corrected chi connectivity index (χ2v) is 3.62. The Morgan fingerprint density at radius 3 is 2.74 bits per heavy atom. The Morgan fingerprint density at radius 1 is 1.42 bits per heavy atom. The molecule has 6 heteroatoms. The van der Waals surface area contributed by atoms with E-state index in [1.165, 1.54) is 13.2 Å². The van der Waals surface area contributed by atoms with Crippen LogP contribution in [0.5, 0.6) is 11.5 Å². The highest BCUT2D eigenvalue weighted by atomic mass is 16.5. The molecule has 0 spiro atoms. The van der Waals surface area contributed by atoms with E-state index in [0.29, 0.717) is 23.6 Å². The lowest BCUT2D eigenvalue weighted by molar-refractivity contribution is -0.119. The lowest BCUT2D eigenvalue weighted by Crippen LogP contribution is -2.23. The van der Waals surface area contributed by atoms with Gasteiger partial charge in [0, 0.05) is 12.1 Å². The van der Waals surface area contributed by atoms with Crippen LogP contribution in [0, 0.1) is 0 Å². The first-order valence-electron chi connectivity index (χ1n) is 5.56. The Hall–Kier alpha value is -2.50. The molecule has 3 N–H and O–H groups in total. The minimum absolute atomic E-state index is 0.250. The fourth-order valence-corrected chi connectivity index (χ4v) is 1.34. The maximum Gasteiger partial charge on any atom is 0.255 e. The summed E-state index contributed by atoms with van der Waals surface area (Å²) in [6.07, 6.45) is 1.58. The highest BCUT2D eigenvalue weighted by Crippen LogP contribution is 2.27. The van der Waals surface area contributed by atoms with Gasteiger partial charge in [0.15, 0.2) is 18.1 Å². The Morgan fingerprint density at radius 2 is 2.16 bits per heavy atom. The van der Waals surface area contributed by atoms with Crippen LogP contribution in [0.4, 0.5) is 0 Å². The van der Waals surface area contributed by atoms with E-state index in [-0.39, 0.29) is 12.5 Å². The monoisotopic (exact) mass is 264 g/mol. The van der Waals surface area contributed by atoms with Gasteiger partial charge >= 0.3 is 0 Å². The molecule has 1 aromatic carbocycles. The minimum Gasteiger partial charge on any atom is -0.493 e. The molecule has 0 saturated heterocycles. The van der Waals surface area contributed by atoms with E-state index in [9.17, 15) is 9.59 Å². The predicted molar refractivity (Wildman–Crippen MR) is 70.2 cm³/mol. The zero-order valence-electron chi connectivity index (χ0n) is 10.6. The van der Waals surface area contributed by atoms with Crippen LogP contribution in [0.3, 0.4) is 0 Å². The largest absolute Gasteiger partial charge is 0.493 e. The zero-order chi connectivity index (χ0) is 14.3. The first-order valence-corrected chi connectivity index (χ1v) is 5.56. The highest BCUT2D eigenvalue weighted by molar-refractivity contribution is 5.95. The maximum absolute atomic E-state index is 11.7. The number of carbonyl (C=O) groups excluding carboxylic acids is 2. The van der Waals surface area contributed by atoms with Crippen molar-refractivity contribution in [2.75, 3.05) is 20.3 Å². The predicted octanol–water partition coefficient (Wildman–Crippen LogP) is 0.475. The lowest BCUT2D eigenvalue weighted by Gasteiger charge is -2.11. The van der Waals surface area contributed by atoms with Crippen LogP contribution in [-0.2, 0) is 4.79 Å². The van der Waals surface area contributed by atoms with Crippen molar-refractivity contribution in [1.29, 1.82) is 0 Å². The van der Waals surface area contributed by atoms with Gasteiger partial charge in [-0.05, 0) is 18.2 Å². The Kier molecular flexibility index (Phi) is 5.40. The van der Waals surface area contributed by atoms with Crippen LogP contribution < -0.4 is 20.5 Å². The molecular formula is C13H16N2O4. The number of hydrogen-bond donors (Lipinski definition) is 2. The Bertz CT molecular complexity index is 486. The third-order valence-electron chi connectivity index (χ3n) is 2.20. The summed E-state index contributed by atoms with van der Waals surface area (Å²) in [4.78, 5) is 22.4. The fourth-order valence-electron chi connectivity index (χ4n) is 1.34. The molecule has 102 valence electrons. The quantitative estimate of drug-likeness (QED) is 0.701. The number of benzene rings is 1. The van der Waals surface area contributed by atoms with E-state index in [4.69, 9.17) is 15.2 Å². The van der Waals surface area contributed by atoms with Gasteiger partial charge in [-0.15, -0.1) is 6.58 Å². The van der Waals surface area contributed by atoms with E-state index < -0.39 is 5.91 Å². The summed E-state index contributed by atoms with van der Waals surface area (Å²) < 4.78 is 10.3. The van der Waals surface area contributed by atoms with Crippen molar-refractivity contribution in [1.82, 2.24) is 5.32 Å². The fraction of sp³-hybridized carbons (Fsp3) is 0.231. The van der Waals surface area contributed by atoms with Gasteiger partial charge in [0.25, 0.3) is 11.8 Å². The molecule has 0 radical (unpaired) electrons. The summed E-state index contributed by atoms with van der Waals surface area (Å²) in [6, 6.07) is 4.64. The first-order chi connectivity index (χ1) is 9.08. The lowest BCUT2D eigenvalue weighted by atomic mass is 10.2. The zero-order valence-corrected chi connectivity index (χ0v) is 10.6. The maximum atomic E-state index is 11.7. The molecule has 1 aromatic rings. The van der Waals surface area contributed by atoms with Crippen molar-refractivity contribution in [3.63, 3.8) is 0 Å². The molecule has 0 atom stereocenters. The van der Waals surface area contributed by atoms with E-state index in [2.05, 4.69) is 11.9 Å². The summed E-state index contributed by atoms with van der Waals surface area (Å²) >= 11 is 0. The third kappa shape index (κ3) is 4.34. The summed E-state index contributed by atoms with van der Waals surface area (Å²) in [5, 5.41) is 2.64. The van der Waals surface area contributed by atoms with Gasteiger partial charge in [-0.2, -0.15) is 0 Å². The van der Waals surface area contributed by atoms with Crippen LogP contribution in [0.15, 0.2) is 30.9 Å². The average molecular weight is 264 g/mol. The number of methoxy groups -OCH3 is 1. The van der Waals surface area contributed by atoms with E-state index in [1.54, 1.807) is 18.2 Å². The van der Waals surface area contributed by atoms with Crippen molar-refractivity contribution in [2.24, 2.45) is 5.73 Å². The molecule has 0 aromatic heterocycles. The van der Waals surface area contributed by atoms with Crippen molar-refractivity contribution >= 4 is 11.8 Å². The SMILES string of the molecule is C=CCNC(=O)c1ccc(OCC(N)=O)c(OC)c1. The van der Waals surface area contributed by atoms with Gasteiger partial charge in [-0.1, -0.05) is 6.08 Å². The van der Waals surface area contributed by atoms with Crippen LogP contribution in [-0.4, -0.2) is 32.1 Å². The smallest absolute Gasteiger partial charge is 0.255 e. The number of amides is 2. The summed E-state index contributed by atoms with van der Waals surface area (Å²) in [6.45, 7) is 3.64. The summed E-state index contributed by atoms with van der Waals surface area (Å²) in [5.41, 5.74) is 5.41. The molecule has 6 nitrogen and oxygen atoms in total. The third-order valence-corrected chi connectivity index (χ3v) is 2.20. The normalized spacial score (nSPS) is 9.53. The van der Waals surface area contributed by atoms with E-state index >= 15 is 0 Å². The molecule has 0 fully saturated rings. The van der Waals surface area contributed by atoms with Crippen LogP contribution >= 0.6 is 0 Å². The number of primary amides is 1. The molecule has 0 unspecified atom stereocenters. The average Bonchev–Trinajstić information content (AvgIpc) is 2.42. The molecular weight excluding hydrogens is 248 g/mol. The standard InChI is InChI=1S/C13H16N2O4/c1-3-6-15-13(17)9-4-5-10(11(7-9)18-2)19-8-12(14)16/h3-5,7H,1,6,8H2,2H3,(H2,14,16)(H,15,17). The van der Waals surface area contributed by atoms with Gasteiger partial charge in [0.05, 0.1) is 7.11 Å². The van der Waals surface area contributed by atoms with E-state index in [1.807, 2.05) is 0 Å². The van der Waals surface area contributed by atoms with Crippen molar-refractivity contribution in [3.8, 4) is 11.5 Å². The van der Waals surface area contributed by atoms with Gasteiger partial charge in [0.1, 0.15) is 0 Å². The molecule has 19 heavy (non-hydrogen) atoms. The summed E-state index contributed by atoms with van der Waals surface area (Å²) in [5.74, 6) is -0.136. The van der Waals surface area contributed by atoms with Crippen molar-refractivity contribution in [2.45, 2.75) is 0 Å². The Labute approximate surface area is 111 Å². The topological polar surface area (TPSA) is 90.6 Å². The van der Waals surface area contributed by atoms with Gasteiger partial charge in [-0.25, -0.2) is 0 Å². The van der Waals surface area contributed by atoms with Crippen LogP contribution in [0.25, 0.3) is 0 Å². The van der Waals surface area contributed by atoms with Crippen LogP contribution in [0.2, 0.25) is 0 Å². The molecule has 0 saturated carbocycles. The molecule has 0 bridgehead atoms. The number of ether oxygens (including phenoxy) is 2. The van der Waals surface area contributed by atoms with Gasteiger partial charge in [0.2, 0.25) is 0 Å².